The predicted molar refractivity (Wildman–Crippen MR) is 72.6 cm³/mol. The maximum absolute atomic E-state index is 12.0. The van der Waals surface area contributed by atoms with Crippen molar-refractivity contribution in [1.82, 2.24) is 20.5 Å². The van der Waals surface area contributed by atoms with Gasteiger partial charge in [0.15, 0.2) is 0 Å². The van der Waals surface area contributed by atoms with Crippen LogP contribution in [-0.4, -0.2) is 21.1 Å². The van der Waals surface area contributed by atoms with Crippen molar-refractivity contribution < 1.29 is 4.79 Å². The second-order valence-corrected chi connectivity index (χ2v) is 4.77. The zero-order chi connectivity index (χ0) is 13.8. The molecule has 5 heteroatoms. The standard InChI is InChI=1S/C14H18N4O/c1-9-4-5-10(2)12(6-9)7-13(19)17-11(3)14-15-8-16-18-14/h4-6,8,11H,7H2,1-3H3,(H,17,19)(H,15,16,18). The van der Waals surface area contributed by atoms with E-state index >= 15 is 0 Å². The summed E-state index contributed by atoms with van der Waals surface area (Å²) in [4.78, 5) is 16.0. The molecule has 2 rings (SSSR count). The number of aryl methyl sites for hydroxylation is 2. The molecule has 0 aliphatic rings. The Labute approximate surface area is 112 Å². The van der Waals surface area contributed by atoms with Crippen molar-refractivity contribution in [2.75, 3.05) is 0 Å². The van der Waals surface area contributed by atoms with Gasteiger partial charge in [0.05, 0.1) is 12.5 Å². The van der Waals surface area contributed by atoms with Crippen molar-refractivity contribution in [3.63, 3.8) is 0 Å². The number of carbonyl (C=O) groups excluding carboxylic acids is 1. The minimum atomic E-state index is -0.167. The van der Waals surface area contributed by atoms with E-state index in [-0.39, 0.29) is 11.9 Å². The van der Waals surface area contributed by atoms with E-state index < -0.39 is 0 Å². The molecule has 0 radical (unpaired) electrons. The largest absolute Gasteiger partial charge is 0.346 e. The number of carbonyl (C=O) groups is 1. The molecule has 0 saturated carbocycles. The van der Waals surface area contributed by atoms with Crippen LogP contribution in [0.1, 0.15) is 35.5 Å². The topological polar surface area (TPSA) is 70.7 Å². The molecule has 0 saturated heterocycles. The lowest BCUT2D eigenvalue weighted by atomic mass is 10.0. The molecule has 0 aliphatic heterocycles. The second-order valence-electron chi connectivity index (χ2n) is 4.77. The lowest BCUT2D eigenvalue weighted by Gasteiger charge is -2.12. The third kappa shape index (κ3) is 3.40. The average molecular weight is 258 g/mol. The summed E-state index contributed by atoms with van der Waals surface area (Å²) in [6.45, 7) is 5.92. The van der Waals surface area contributed by atoms with Crippen LogP contribution < -0.4 is 5.32 Å². The van der Waals surface area contributed by atoms with Crippen LogP contribution in [0.25, 0.3) is 0 Å². The van der Waals surface area contributed by atoms with Crippen LogP contribution in [0.2, 0.25) is 0 Å². The number of aromatic amines is 1. The van der Waals surface area contributed by atoms with Crippen molar-refractivity contribution in [2.45, 2.75) is 33.2 Å². The maximum atomic E-state index is 12.0. The van der Waals surface area contributed by atoms with Gasteiger partial charge >= 0.3 is 0 Å². The van der Waals surface area contributed by atoms with E-state index in [9.17, 15) is 4.79 Å². The van der Waals surface area contributed by atoms with E-state index in [2.05, 4.69) is 20.5 Å². The molecule has 1 amide bonds. The number of hydrogen-bond donors (Lipinski definition) is 2. The minimum Gasteiger partial charge on any atom is -0.346 e. The van der Waals surface area contributed by atoms with Crippen molar-refractivity contribution in [3.8, 4) is 0 Å². The number of hydrogen-bond acceptors (Lipinski definition) is 3. The summed E-state index contributed by atoms with van der Waals surface area (Å²) in [5.74, 6) is 0.645. The molecule has 5 nitrogen and oxygen atoms in total. The molecule has 0 bridgehead atoms. The molecule has 1 unspecified atom stereocenters. The summed E-state index contributed by atoms with van der Waals surface area (Å²) in [6.07, 6.45) is 1.81. The molecular formula is C14H18N4O. The Kier molecular flexibility index (Phi) is 3.94. The number of nitrogens with zero attached hydrogens (tertiary/aromatic N) is 2. The molecule has 0 fully saturated rings. The van der Waals surface area contributed by atoms with E-state index in [1.54, 1.807) is 0 Å². The molecule has 2 aromatic rings. The summed E-state index contributed by atoms with van der Waals surface area (Å²) in [7, 11) is 0. The molecule has 1 aromatic carbocycles. The maximum Gasteiger partial charge on any atom is 0.225 e. The fraction of sp³-hybridized carbons (Fsp3) is 0.357. The van der Waals surface area contributed by atoms with Crippen LogP contribution in [0.4, 0.5) is 0 Å². The van der Waals surface area contributed by atoms with Crippen molar-refractivity contribution >= 4 is 5.91 Å². The Morgan fingerprint density at radius 1 is 1.42 bits per heavy atom. The van der Waals surface area contributed by atoms with Gasteiger partial charge in [0.1, 0.15) is 12.2 Å². The van der Waals surface area contributed by atoms with Crippen LogP contribution in [-0.2, 0) is 11.2 Å². The molecule has 1 atom stereocenters. The molecule has 1 heterocycles. The zero-order valence-corrected chi connectivity index (χ0v) is 11.4. The summed E-state index contributed by atoms with van der Waals surface area (Å²) in [6, 6.07) is 5.97. The first-order valence-corrected chi connectivity index (χ1v) is 6.27. The van der Waals surface area contributed by atoms with Gasteiger partial charge in [-0.3, -0.25) is 9.89 Å². The molecule has 1 aromatic heterocycles. The predicted octanol–water partition coefficient (Wildman–Crippen LogP) is 1.84. The highest BCUT2D eigenvalue weighted by molar-refractivity contribution is 5.79. The van der Waals surface area contributed by atoms with E-state index in [0.29, 0.717) is 12.2 Å². The highest BCUT2D eigenvalue weighted by atomic mass is 16.1. The van der Waals surface area contributed by atoms with Gasteiger partial charge < -0.3 is 5.32 Å². The smallest absolute Gasteiger partial charge is 0.225 e. The van der Waals surface area contributed by atoms with Gasteiger partial charge in [-0.2, -0.15) is 5.10 Å². The van der Waals surface area contributed by atoms with Gasteiger partial charge in [0, 0.05) is 0 Å². The van der Waals surface area contributed by atoms with Crippen molar-refractivity contribution in [1.29, 1.82) is 0 Å². The summed E-state index contributed by atoms with van der Waals surface area (Å²) >= 11 is 0. The van der Waals surface area contributed by atoms with Crippen molar-refractivity contribution in [2.24, 2.45) is 0 Å². The average Bonchev–Trinajstić information content (AvgIpc) is 2.87. The third-order valence-electron chi connectivity index (χ3n) is 3.08. The van der Waals surface area contributed by atoms with E-state index in [4.69, 9.17) is 0 Å². The SMILES string of the molecule is Cc1ccc(C)c(CC(=O)NC(C)c2ncn[nH]2)c1. The van der Waals surface area contributed by atoms with E-state index in [0.717, 1.165) is 16.7 Å². The summed E-state index contributed by atoms with van der Waals surface area (Å²) < 4.78 is 0. The second kappa shape index (κ2) is 5.65. The molecule has 0 spiro atoms. The number of benzene rings is 1. The van der Waals surface area contributed by atoms with Crippen LogP contribution in [0, 0.1) is 13.8 Å². The number of H-pyrrole nitrogens is 1. The molecule has 19 heavy (non-hydrogen) atoms. The van der Waals surface area contributed by atoms with Gasteiger partial charge in [-0.15, -0.1) is 0 Å². The number of amides is 1. The van der Waals surface area contributed by atoms with E-state index in [1.807, 2.05) is 39.0 Å². The first-order valence-electron chi connectivity index (χ1n) is 6.27. The molecular weight excluding hydrogens is 240 g/mol. The quantitative estimate of drug-likeness (QED) is 0.879. The Morgan fingerprint density at radius 3 is 2.89 bits per heavy atom. The van der Waals surface area contributed by atoms with Gasteiger partial charge in [-0.05, 0) is 31.9 Å². The highest BCUT2D eigenvalue weighted by Gasteiger charge is 2.13. The molecule has 2 N–H and O–H groups in total. The Hall–Kier alpha value is -2.17. The van der Waals surface area contributed by atoms with Crippen molar-refractivity contribution in [3.05, 3.63) is 47.0 Å². The Morgan fingerprint density at radius 2 is 2.21 bits per heavy atom. The van der Waals surface area contributed by atoms with Gasteiger partial charge in [-0.25, -0.2) is 4.98 Å². The molecule has 100 valence electrons. The lowest BCUT2D eigenvalue weighted by Crippen LogP contribution is -2.29. The lowest BCUT2D eigenvalue weighted by molar-refractivity contribution is -0.121. The van der Waals surface area contributed by atoms with Crippen LogP contribution in [0.5, 0.6) is 0 Å². The van der Waals surface area contributed by atoms with Crippen LogP contribution in [0.15, 0.2) is 24.5 Å². The minimum absolute atomic E-state index is 0.0161. The normalized spacial score (nSPS) is 12.2. The Bertz CT molecular complexity index is 563. The van der Waals surface area contributed by atoms with Gasteiger partial charge in [-0.1, -0.05) is 23.8 Å². The highest BCUT2D eigenvalue weighted by Crippen LogP contribution is 2.12. The third-order valence-corrected chi connectivity index (χ3v) is 3.08. The fourth-order valence-corrected chi connectivity index (χ4v) is 1.95. The van der Waals surface area contributed by atoms with E-state index in [1.165, 1.54) is 6.33 Å². The monoisotopic (exact) mass is 258 g/mol. The summed E-state index contributed by atoms with van der Waals surface area (Å²) in [5, 5.41) is 9.43. The van der Waals surface area contributed by atoms with Crippen LogP contribution in [0.3, 0.4) is 0 Å². The van der Waals surface area contributed by atoms with Crippen LogP contribution >= 0.6 is 0 Å². The Balaban J connectivity index is 1.99. The first-order chi connectivity index (χ1) is 9.06. The number of aromatic nitrogens is 3. The zero-order valence-electron chi connectivity index (χ0n) is 11.4. The number of rotatable bonds is 4. The summed E-state index contributed by atoms with van der Waals surface area (Å²) in [5.41, 5.74) is 3.35. The molecule has 0 aliphatic carbocycles. The number of nitrogens with one attached hydrogen (secondary N) is 2. The first kappa shape index (κ1) is 13.3. The fourth-order valence-electron chi connectivity index (χ4n) is 1.95. The van der Waals surface area contributed by atoms with Gasteiger partial charge in [0.25, 0.3) is 0 Å². The van der Waals surface area contributed by atoms with Gasteiger partial charge in [0.2, 0.25) is 5.91 Å².